The standard InChI is InChI=1S/C32H12BF24.C14H17N2/c34-25(35,36)13-1-14(26(37,38)39)6-21(5-13)33(22-7-15(27(40,41)42)2-16(8-22)28(43,44)45,23-9-17(29(46,47)48)3-18(10-23)30(49,50)51)24-11-19(31(52,53)54)4-20(12-24)32(55,56)57;1-12(2)14-5-3-13(4-6-14)11-16-9-7-15-8-10-16/h1-12H;3-10,12H,11H2,1-2H3/q-1;+1. The first-order valence-electron chi connectivity index (χ1n) is 20.3. The summed E-state index contributed by atoms with van der Waals surface area (Å²) in [4.78, 5) is 4.00. The van der Waals surface area contributed by atoms with Gasteiger partial charge >= 0.3 is 49.4 Å². The summed E-state index contributed by atoms with van der Waals surface area (Å²) in [5, 5.41) is 0. The van der Waals surface area contributed by atoms with Gasteiger partial charge in [-0.1, -0.05) is 86.6 Å². The van der Waals surface area contributed by atoms with Crippen LogP contribution in [0.15, 0.2) is 122 Å². The van der Waals surface area contributed by atoms with Gasteiger partial charge < -0.3 is 0 Å². The van der Waals surface area contributed by atoms with Crippen molar-refractivity contribution in [2.45, 2.75) is 75.7 Å². The Morgan fingerprint density at radius 1 is 0.356 bits per heavy atom. The van der Waals surface area contributed by atoms with Crippen molar-refractivity contribution in [3.05, 3.63) is 177 Å². The first kappa shape index (κ1) is 57.5. The van der Waals surface area contributed by atoms with Crippen molar-refractivity contribution in [3.8, 4) is 0 Å². The Morgan fingerprint density at radius 3 is 0.767 bits per heavy atom. The molecule has 0 saturated heterocycles. The molecule has 0 aliphatic rings. The molecule has 1 heterocycles. The molecule has 6 aromatic rings. The van der Waals surface area contributed by atoms with Crippen LogP contribution in [0.25, 0.3) is 0 Å². The Morgan fingerprint density at radius 2 is 0.575 bits per heavy atom. The van der Waals surface area contributed by atoms with Crippen molar-refractivity contribution in [2.24, 2.45) is 0 Å². The highest BCUT2D eigenvalue weighted by atomic mass is 19.4. The van der Waals surface area contributed by atoms with Gasteiger partial charge in [-0.15, -0.1) is 0 Å². The fraction of sp³-hybridized carbons (Fsp3) is 0.261. The van der Waals surface area contributed by atoms with E-state index in [9.17, 15) is 105 Å². The molecule has 0 aliphatic carbocycles. The molecule has 0 radical (unpaired) electrons. The predicted molar refractivity (Wildman–Crippen MR) is 214 cm³/mol. The summed E-state index contributed by atoms with van der Waals surface area (Å²) in [6.07, 6.45) is -47.2. The zero-order valence-electron chi connectivity index (χ0n) is 36.4. The molecule has 0 aliphatic heterocycles. The van der Waals surface area contributed by atoms with Crippen LogP contribution in [0.2, 0.25) is 0 Å². The van der Waals surface area contributed by atoms with Crippen LogP contribution < -0.4 is 26.4 Å². The number of benzene rings is 5. The zero-order valence-corrected chi connectivity index (χ0v) is 36.4. The lowest BCUT2D eigenvalue weighted by Gasteiger charge is -2.46. The monoisotopic (exact) mass is 1080 g/mol. The van der Waals surface area contributed by atoms with E-state index >= 15 is 0 Å². The minimum absolute atomic E-state index is 0.600. The van der Waals surface area contributed by atoms with E-state index in [2.05, 4.69) is 47.7 Å². The van der Waals surface area contributed by atoms with E-state index in [-0.39, 0.29) is 0 Å². The van der Waals surface area contributed by atoms with E-state index in [1.165, 1.54) is 11.1 Å². The number of aromatic nitrogens is 2. The Kier molecular flexibility index (Phi) is 15.6. The quantitative estimate of drug-likeness (QED) is 0.0884. The van der Waals surface area contributed by atoms with Crippen LogP contribution in [-0.4, -0.2) is 11.1 Å². The van der Waals surface area contributed by atoms with Gasteiger partial charge in [-0.3, -0.25) is 4.98 Å². The molecule has 0 atom stereocenters. The van der Waals surface area contributed by atoms with E-state index in [0.717, 1.165) is 6.54 Å². The molecule has 2 nitrogen and oxygen atoms in total. The topological polar surface area (TPSA) is 16.8 Å². The van der Waals surface area contributed by atoms with Crippen LogP contribution in [0, 0.1) is 0 Å². The molecule has 0 N–H and O–H groups in total. The summed E-state index contributed by atoms with van der Waals surface area (Å²) in [6, 6.07) is 0.00420. The molecule has 0 saturated carbocycles. The van der Waals surface area contributed by atoms with Crippen LogP contribution in [-0.2, 0) is 56.0 Å². The van der Waals surface area contributed by atoms with E-state index in [0.29, 0.717) is 5.92 Å². The highest BCUT2D eigenvalue weighted by Crippen LogP contribution is 2.41. The van der Waals surface area contributed by atoms with Gasteiger partial charge in [0.05, 0.1) is 56.9 Å². The third-order valence-electron chi connectivity index (χ3n) is 11.1. The molecule has 5 aromatic carbocycles. The van der Waals surface area contributed by atoms with Crippen molar-refractivity contribution in [1.82, 2.24) is 4.98 Å². The minimum atomic E-state index is -6.13. The summed E-state index contributed by atoms with van der Waals surface area (Å²) in [5.41, 5.74) is -27.5. The molecular formula is C46H29BF24N2. The number of halogens is 24. The fourth-order valence-corrected chi connectivity index (χ4v) is 7.74. The summed E-state index contributed by atoms with van der Waals surface area (Å²) in [7, 11) is 0. The van der Waals surface area contributed by atoms with Gasteiger partial charge in [-0.2, -0.15) is 132 Å². The molecule has 27 heteroatoms. The van der Waals surface area contributed by atoms with E-state index in [1.54, 1.807) is 0 Å². The van der Waals surface area contributed by atoms with Gasteiger partial charge in [-0.05, 0) is 35.7 Å². The maximum Gasteiger partial charge on any atom is 0.416 e. The van der Waals surface area contributed by atoms with Gasteiger partial charge in [0.1, 0.15) is 6.15 Å². The Hall–Kier alpha value is -6.44. The maximum absolute atomic E-state index is 14.2. The molecule has 6 rings (SSSR count). The molecule has 0 amide bonds. The molecule has 0 bridgehead atoms. The zero-order chi connectivity index (χ0) is 55.3. The van der Waals surface area contributed by atoms with Gasteiger partial charge in [0.2, 0.25) is 0 Å². The highest BCUT2D eigenvalue weighted by molar-refractivity contribution is 7.20. The van der Waals surface area contributed by atoms with E-state index in [1.807, 2.05) is 24.8 Å². The van der Waals surface area contributed by atoms with Crippen molar-refractivity contribution in [2.75, 3.05) is 0 Å². The second kappa shape index (κ2) is 19.8. The third kappa shape index (κ3) is 13.6. The van der Waals surface area contributed by atoms with Crippen LogP contribution in [0.3, 0.4) is 0 Å². The van der Waals surface area contributed by atoms with Gasteiger partial charge in [0.15, 0.2) is 18.9 Å². The summed E-state index contributed by atoms with van der Waals surface area (Å²) in [6.45, 7) is 5.33. The second-order valence-electron chi connectivity index (χ2n) is 16.5. The number of hydrogen-bond donors (Lipinski definition) is 0. The van der Waals surface area contributed by atoms with Crippen molar-refractivity contribution < 1.29 is 110 Å². The molecule has 0 spiro atoms. The van der Waals surface area contributed by atoms with Crippen molar-refractivity contribution in [1.29, 1.82) is 0 Å². The number of nitrogens with zero attached hydrogens (tertiary/aromatic N) is 2. The predicted octanol–water partition coefficient (Wildman–Crippen LogP) is 13.8. The van der Waals surface area contributed by atoms with Crippen molar-refractivity contribution in [3.63, 3.8) is 0 Å². The lowest BCUT2D eigenvalue weighted by Crippen LogP contribution is -2.75. The number of rotatable bonds is 7. The lowest BCUT2D eigenvalue weighted by molar-refractivity contribution is -0.688. The lowest BCUT2D eigenvalue weighted by atomic mass is 9.12. The average Bonchev–Trinajstić information content (AvgIpc) is 3.25. The minimum Gasteiger partial charge on any atom is -0.252 e. The van der Waals surface area contributed by atoms with Gasteiger partial charge in [0.25, 0.3) is 0 Å². The van der Waals surface area contributed by atoms with Crippen LogP contribution in [0.1, 0.15) is 75.4 Å². The van der Waals surface area contributed by atoms with Crippen LogP contribution in [0.4, 0.5) is 105 Å². The molecule has 394 valence electrons. The second-order valence-corrected chi connectivity index (χ2v) is 16.5. The van der Waals surface area contributed by atoms with Crippen molar-refractivity contribution >= 4 is 28.0 Å². The maximum atomic E-state index is 14.2. The smallest absolute Gasteiger partial charge is 0.252 e. The first-order chi connectivity index (χ1) is 33.0. The molecule has 0 unspecified atom stereocenters. The fourth-order valence-electron chi connectivity index (χ4n) is 7.74. The molecule has 0 fully saturated rings. The normalized spacial score (nSPS) is 13.5. The molecule has 73 heavy (non-hydrogen) atoms. The molecular weight excluding hydrogens is 1050 g/mol. The third-order valence-corrected chi connectivity index (χ3v) is 11.1. The molecule has 1 aromatic heterocycles. The van der Waals surface area contributed by atoms with E-state index < -0.39 is 195 Å². The largest absolute Gasteiger partial charge is 0.416 e. The average molecular weight is 1080 g/mol. The number of alkyl halides is 24. The Labute approximate surface area is 395 Å². The van der Waals surface area contributed by atoms with E-state index in [4.69, 9.17) is 0 Å². The van der Waals surface area contributed by atoms with Crippen LogP contribution >= 0.6 is 0 Å². The number of hydrogen-bond acceptors (Lipinski definition) is 1. The Bertz CT molecular complexity index is 2450. The highest BCUT2D eigenvalue weighted by Gasteiger charge is 2.47. The summed E-state index contributed by atoms with van der Waals surface area (Å²) >= 11 is 0. The van der Waals surface area contributed by atoms with Gasteiger partial charge in [-0.25, -0.2) is 0 Å². The Balaban J connectivity index is 0.000000520. The van der Waals surface area contributed by atoms with Crippen LogP contribution in [0.5, 0.6) is 0 Å². The first-order valence-corrected chi connectivity index (χ1v) is 20.3. The summed E-state index contributed by atoms with van der Waals surface area (Å²) < 4.78 is 343. The van der Waals surface area contributed by atoms with Gasteiger partial charge in [0, 0.05) is 5.56 Å². The summed E-state index contributed by atoms with van der Waals surface area (Å²) in [5.74, 6) is 0.600. The SMILES string of the molecule is CC(C)c1ccc(C[n+]2ccncc2)cc1.FC(F)(F)c1cc([B-](c2cc(C(F)(F)F)cc(C(F)(F)F)c2)(c2cc(C(F)(F)F)cc(C(F)(F)F)c2)c2cc(C(F)(F)F)cc(C(F)(F)F)c2)cc(C(F)(F)F)c1.